The Morgan fingerprint density at radius 1 is 1.50 bits per heavy atom. The summed E-state index contributed by atoms with van der Waals surface area (Å²) in [7, 11) is 0. The molecule has 0 radical (unpaired) electrons. The van der Waals surface area contributed by atoms with Crippen molar-refractivity contribution in [1.82, 2.24) is 15.2 Å². The van der Waals surface area contributed by atoms with Crippen molar-refractivity contribution in [1.29, 1.82) is 0 Å². The molecule has 0 bridgehead atoms. The number of nitrogens with one attached hydrogen (secondary N) is 1. The molecule has 2 rings (SSSR count). The lowest BCUT2D eigenvalue weighted by molar-refractivity contribution is 0.0802. The van der Waals surface area contributed by atoms with Gasteiger partial charge in [0.05, 0.1) is 12.7 Å². The van der Waals surface area contributed by atoms with E-state index in [4.69, 9.17) is 4.42 Å². The highest BCUT2D eigenvalue weighted by Gasteiger charge is 2.32. The van der Waals surface area contributed by atoms with Crippen LogP contribution in [0.25, 0.3) is 0 Å². The fraction of sp³-hybridized carbons (Fsp3) is 0.786. The van der Waals surface area contributed by atoms with Gasteiger partial charge in [-0.15, -0.1) is 0 Å². The highest BCUT2D eigenvalue weighted by atomic mass is 16.4. The predicted molar refractivity (Wildman–Crippen MR) is 72.4 cm³/mol. The van der Waals surface area contributed by atoms with E-state index < -0.39 is 0 Å². The largest absolute Gasteiger partial charge is 0.445 e. The van der Waals surface area contributed by atoms with Crippen LogP contribution in [0.1, 0.15) is 39.3 Å². The smallest absolute Gasteiger partial charge is 0.208 e. The summed E-state index contributed by atoms with van der Waals surface area (Å²) in [6, 6.07) is 1.04. The average Bonchev–Trinajstić information content (AvgIpc) is 2.66. The Hall–Kier alpha value is -0.870. The first-order chi connectivity index (χ1) is 8.36. The van der Waals surface area contributed by atoms with Crippen molar-refractivity contribution in [2.45, 2.75) is 53.2 Å². The van der Waals surface area contributed by atoms with Gasteiger partial charge in [0.15, 0.2) is 0 Å². The van der Waals surface area contributed by atoms with Crippen LogP contribution in [0.3, 0.4) is 0 Å². The Kier molecular flexibility index (Phi) is 3.78. The predicted octanol–water partition coefficient (Wildman–Crippen LogP) is 2.19. The summed E-state index contributed by atoms with van der Waals surface area (Å²) in [5.41, 5.74) is 0.283. The van der Waals surface area contributed by atoms with Gasteiger partial charge in [-0.1, -0.05) is 20.8 Å². The van der Waals surface area contributed by atoms with E-state index in [0.29, 0.717) is 12.1 Å². The molecule has 0 aromatic carbocycles. The van der Waals surface area contributed by atoms with Crippen LogP contribution in [-0.4, -0.2) is 35.1 Å². The minimum Gasteiger partial charge on any atom is -0.445 e. The molecule has 0 aliphatic carbocycles. The van der Waals surface area contributed by atoms with Gasteiger partial charge >= 0.3 is 0 Å². The lowest BCUT2D eigenvalue weighted by Gasteiger charge is -2.43. The Morgan fingerprint density at radius 3 is 2.78 bits per heavy atom. The highest BCUT2D eigenvalue weighted by molar-refractivity contribution is 4.95. The van der Waals surface area contributed by atoms with Gasteiger partial charge in [-0.25, -0.2) is 4.98 Å². The van der Waals surface area contributed by atoms with E-state index in [0.717, 1.165) is 31.3 Å². The molecule has 2 heterocycles. The van der Waals surface area contributed by atoms with E-state index >= 15 is 0 Å². The molecule has 1 fully saturated rings. The third-order valence-corrected chi connectivity index (χ3v) is 3.75. The van der Waals surface area contributed by atoms with Gasteiger partial charge in [0.25, 0.3) is 0 Å². The molecule has 1 aromatic rings. The third kappa shape index (κ3) is 3.12. The van der Waals surface area contributed by atoms with Crippen LogP contribution in [0.15, 0.2) is 10.6 Å². The first-order valence-electron chi connectivity index (χ1n) is 6.75. The lowest BCUT2D eigenvalue weighted by Crippen LogP contribution is -2.59. The maximum absolute atomic E-state index is 5.58. The number of aryl methyl sites for hydroxylation is 1. The average molecular weight is 251 g/mol. The zero-order chi connectivity index (χ0) is 13.3. The van der Waals surface area contributed by atoms with Gasteiger partial charge in [0.2, 0.25) is 5.89 Å². The van der Waals surface area contributed by atoms with Crippen LogP contribution in [0, 0.1) is 12.3 Å². The van der Waals surface area contributed by atoms with Gasteiger partial charge in [0, 0.05) is 25.2 Å². The van der Waals surface area contributed by atoms with Crippen LogP contribution in [-0.2, 0) is 6.54 Å². The summed E-state index contributed by atoms with van der Waals surface area (Å²) in [4.78, 5) is 6.76. The van der Waals surface area contributed by atoms with E-state index in [1.807, 2.05) is 6.92 Å². The summed E-state index contributed by atoms with van der Waals surface area (Å²) in [5.74, 6) is 1.72. The lowest BCUT2D eigenvalue weighted by atomic mass is 9.85. The first-order valence-corrected chi connectivity index (χ1v) is 6.75. The van der Waals surface area contributed by atoms with Crippen molar-refractivity contribution < 1.29 is 4.42 Å². The zero-order valence-corrected chi connectivity index (χ0v) is 12.2. The summed E-state index contributed by atoms with van der Waals surface area (Å²) >= 11 is 0. The molecule has 0 spiro atoms. The second-order valence-corrected chi connectivity index (χ2v) is 6.47. The van der Waals surface area contributed by atoms with Gasteiger partial charge in [-0.05, 0) is 19.3 Å². The van der Waals surface area contributed by atoms with Crippen molar-refractivity contribution in [2.75, 3.05) is 13.1 Å². The Bertz CT molecular complexity index is 394. The summed E-state index contributed by atoms with van der Waals surface area (Å²) in [6.45, 7) is 13.9. The van der Waals surface area contributed by atoms with E-state index in [-0.39, 0.29) is 5.41 Å². The molecular weight excluding hydrogens is 226 g/mol. The van der Waals surface area contributed by atoms with E-state index in [9.17, 15) is 0 Å². The third-order valence-electron chi connectivity index (χ3n) is 3.75. The summed E-state index contributed by atoms with van der Waals surface area (Å²) in [5, 5.41) is 3.64. The number of oxazole rings is 1. The molecule has 1 aliphatic rings. The molecule has 4 heteroatoms. The topological polar surface area (TPSA) is 41.3 Å². The zero-order valence-electron chi connectivity index (χ0n) is 12.2. The molecule has 1 N–H and O–H groups in total. The summed E-state index contributed by atoms with van der Waals surface area (Å²) < 4.78 is 5.58. The minimum absolute atomic E-state index is 0.283. The van der Waals surface area contributed by atoms with Gasteiger partial charge in [-0.3, -0.25) is 4.90 Å². The van der Waals surface area contributed by atoms with Crippen molar-refractivity contribution >= 4 is 0 Å². The molecule has 0 amide bonds. The van der Waals surface area contributed by atoms with Crippen molar-refractivity contribution in [3.8, 4) is 0 Å². The highest BCUT2D eigenvalue weighted by Crippen LogP contribution is 2.24. The number of hydrogen-bond donors (Lipinski definition) is 1. The second kappa shape index (κ2) is 5.02. The normalized spacial score (nSPS) is 26.5. The molecular formula is C14H25N3O. The fourth-order valence-electron chi connectivity index (χ4n) is 2.37. The molecule has 0 saturated carbocycles. The van der Waals surface area contributed by atoms with E-state index in [2.05, 4.69) is 42.9 Å². The fourth-order valence-corrected chi connectivity index (χ4v) is 2.37. The molecule has 4 nitrogen and oxygen atoms in total. The molecule has 1 aromatic heterocycles. The molecule has 1 saturated heterocycles. The quantitative estimate of drug-likeness (QED) is 0.875. The van der Waals surface area contributed by atoms with Crippen molar-refractivity contribution in [3.05, 3.63) is 17.8 Å². The number of nitrogens with zero attached hydrogens (tertiary/aromatic N) is 2. The number of aromatic nitrogens is 1. The summed E-state index contributed by atoms with van der Waals surface area (Å²) in [6.07, 6.45) is 1.80. The minimum atomic E-state index is 0.283. The first kappa shape index (κ1) is 13.6. The second-order valence-electron chi connectivity index (χ2n) is 6.47. The van der Waals surface area contributed by atoms with Crippen LogP contribution >= 0.6 is 0 Å². The van der Waals surface area contributed by atoms with Gasteiger partial charge in [-0.2, -0.15) is 0 Å². The Morgan fingerprint density at radius 2 is 2.22 bits per heavy atom. The van der Waals surface area contributed by atoms with Gasteiger partial charge in [0.1, 0.15) is 5.76 Å². The van der Waals surface area contributed by atoms with Crippen LogP contribution in [0.4, 0.5) is 0 Å². The van der Waals surface area contributed by atoms with E-state index in [1.165, 1.54) is 0 Å². The standard InChI is InChI=1S/C14H25N3O/c1-10-6-15-12(14(3,4)5)8-17(10)9-13-16-7-11(2)18-13/h7,10,12,15H,6,8-9H2,1-5H3. The van der Waals surface area contributed by atoms with Crippen LogP contribution in [0.5, 0.6) is 0 Å². The van der Waals surface area contributed by atoms with Crippen LogP contribution < -0.4 is 5.32 Å². The molecule has 2 atom stereocenters. The number of hydrogen-bond acceptors (Lipinski definition) is 4. The number of piperazine rings is 1. The molecule has 1 aliphatic heterocycles. The molecule has 18 heavy (non-hydrogen) atoms. The van der Waals surface area contributed by atoms with Gasteiger partial charge < -0.3 is 9.73 Å². The van der Waals surface area contributed by atoms with Crippen LogP contribution in [0.2, 0.25) is 0 Å². The molecule has 2 unspecified atom stereocenters. The monoisotopic (exact) mass is 251 g/mol. The Labute approximate surface area is 110 Å². The Balaban J connectivity index is 2.02. The maximum Gasteiger partial charge on any atom is 0.208 e. The molecule has 102 valence electrons. The number of rotatable bonds is 2. The van der Waals surface area contributed by atoms with Crippen molar-refractivity contribution in [2.24, 2.45) is 5.41 Å². The van der Waals surface area contributed by atoms with E-state index in [1.54, 1.807) is 6.20 Å². The SMILES string of the molecule is Cc1cnc(CN2CC(C(C)(C)C)NCC2C)o1. The van der Waals surface area contributed by atoms with Crippen molar-refractivity contribution in [3.63, 3.8) is 0 Å². The maximum atomic E-state index is 5.58.